The van der Waals surface area contributed by atoms with Crippen LogP contribution >= 0.6 is 0 Å². The zero-order valence-electron chi connectivity index (χ0n) is 16.9. The third-order valence-electron chi connectivity index (χ3n) is 5.23. The van der Waals surface area contributed by atoms with Gasteiger partial charge in [-0.25, -0.2) is 17.2 Å². The van der Waals surface area contributed by atoms with Crippen LogP contribution in [0.3, 0.4) is 0 Å². The smallest absolute Gasteiger partial charge is 0.491 e. The number of rotatable bonds is 6. The predicted octanol–water partition coefficient (Wildman–Crippen LogP) is 3.56. The molecule has 3 aromatic rings. The van der Waals surface area contributed by atoms with Gasteiger partial charge in [0.05, 0.1) is 23.6 Å². The molecular formula is C21H19F3N2O5S. The van der Waals surface area contributed by atoms with Gasteiger partial charge in [0.15, 0.2) is 5.75 Å². The molecule has 2 heterocycles. The molecule has 0 N–H and O–H groups in total. The summed E-state index contributed by atoms with van der Waals surface area (Å²) in [6.45, 7) is 1.95. The molecule has 0 unspecified atom stereocenters. The Labute approximate surface area is 182 Å². The van der Waals surface area contributed by atoms with Crippen LogP contribution in [0.15, 0.2) is 53.6 Å². The first-order valence-corrected chi connectivity index (χ1v) is 11.1. The summed E-state index contributed by atoms with van der Waals surface area (Å²) in [7, 11) is -2.92. The van der Waals surface area contributed by atoms with Crippen molar-refractivity contribution in [2.45, 2.75) is 24.0 Å². The molecular weight excluding hydrogens is 449 g/mol. The quantitative estimate of drug-likeness (QED) is 0.515. The van der Waals surface area contributed by atoms with Gasteiger partial charge in [0.25, 0.3) is 10.0 Å². The van der Waals surface area contributed by atoms with E-state index in [4.69, 9.17) is 4.74 Å². The third-order valence-corrected chi connectivity index (χ3v) is 6.90. The van der Waals surface area contributed by atoms with E-state index in [9.17, 15) is 26.4 Å². The number of likely N-dealkylation sites (tertiary alicyclic amines) is 1. The van der Waals surface area contributed by atoms with Gasteiger partial charge in [-0.3, -0.25) is 4.90 Å². The number of fused-ring (bicyclic) bond motifs is 1. The summed E-state index contributed by atoms with van der Waals surface area (Å²) in [5, 5.41) is 0.0772. The summed E-state index contributed by atoms with van der Waals surface area (Å²) < 4.78 is 76.3. The topological polar surface area (TPSA) is 77.8 Å². The highest BCUT2D eigenvalue weighted by Crippen LogP contribution is 2.40. The van der Waals surface area contributed by atoms with Crippen LogP contribution in [0, 0.1) is 0 Å². The molecule has 1 aliphatic heterocycles. The number of carbonyl (C=O) groups is 1. The SMILES string of the molecule is COc1ccc(CN2CCC2)c2c(OC(=O)C(F)(F)F)cn(S(=O)(=O)c3ccccc3)c12. The third kappa shape index (κ3) is 3.93. The Morgan fingerprint density at radius 1 is 1.06 bits per heavy atom. The summed E-state index contributed by atoms with van der Waals surface area (Å²) >= 11 is 0. The Hall–Kier alpha value is -3.05. The van der Waals surface area contributed by atoms with Crippen LogP contribution in [0.2, 0.25) is 0 Å². The fourth-order valence-electron chi connectivity index (χ4n) is 3.55. The monoisotopic (exact) mass is 468 g/mol. The van der Waals surface area contributed by atoms with E-state index in [0.717, 1.165) is 29.7 Å². The molecule has 1 aliphatic rings. The van der Waals surface area contributed by atoms with Gasteiger partial charge in [0, 0.05) is 6.54 Å². The maximum atomic E-state index is 13.3. The number of carbonyl (C=O) groups excluding carboxylic acids is 1. The van der Waals surface area contributed by atoms with Crippen LogP contribution in [0.1, 0.15) is 12.0 Å². The molecule has 4 rings (SSSR count). The summed E-state index contributed by atoms with van der Waals surface area (Å²) in [6.07, 6.45) is -3.37. The second-order valence-electron chi connectivity index (χ2n) is 7.27. The molecule has 0 radical (unpaired) electrons. The van der Waals surface area contributed by atoms with E-state index in [2.05, 4.69) is 4.74 Å². The summed E-state index contributed by atoms with van der Waals surface area (Å²) in [6, 6.07) is 10.6. The van der Waals surface area contributed by atoms with Crippen LogP contribution < -0.4 is 9.47 Å². The number of hydrogen-bond acceptors (Lipinski definition) is 6. The molecule has 0 amide bonds. The fourth-order valence-corrected chi connectivity index (χ4v) is 4.94. The number of hydrogen-bond donors (Lipinski definition) is 0. The van der Waals surface area contributed by atoms with Crippen LogP contribution in [0.5, 0.6) is 11.5 Å². The maximum Gasteiger partial charge on any atom is 0.491 e. The summed E-state index contributed by atoms with van der Waals surface area (Å²) in [5.41, 5.74) is 0.520. The van der Waals surface area contributed by atoms with Gasteiger partial charge in [-0.1, -0.05) is 24.3 Å². The lowest BCUT2D eigenvalue weighted by molar-refractivity contribution is -0.189. The molecule has 2 aromatic carbocycles. The minimum atomic E-state index is -5.25. The second-order valence-corrected chi connectivity index (χ2v) is 9.09. The minimum absolute atomic E-state index is 0.000601. The van der Waals surface area contributed by atoms with Crippen molar-refractivity contribution in [1.82, 2.24) is 8.87 Å². The van der Waals surface area contributed by atoms with Gasteiger partial charge in [-0.05, 0) is 43.3 Å². The van der Waals surface area contributed by atoms with E-state index in [1.807, 2.05) is 4.90 Å². The molecule has 0 saturated carbocycles. The number of benzene rings is 2. The zero-order chi connectivity index (χ0) is 23.1. The number of aromatic nitrogens is 1. The van der Waals surface area contributed by atoms with Crippen molar-refractivity contribution in [3.05, 3.63) is 54.2 Å². The molecule has 1 aromatic heterocycles. The molecule has 170 valence electrons. The lowest BCUT2D eigenvalue weighted by atomic mass is 10.1. The highest BCUT2D eigenvalue weighted by molar-refractivity contribution is 7.90. The number of alkyl halides is 3. The highest BCUT2D eigenvalue weighted by atomic mass is 32.2. The van der Waals surface area contributed by atoms with E-state index < -0.39 is 27.9 Å². The first-order valence-electron chi connectivity index (χ1n) is 9.66. The van der Waals surface area contributed by atoms with Gasteiger partial charge in [0.1, 0.15) is 11.3 Å². The lowest BCUT2D eigenvalue weighted by Crippen LogP contribution is -2.36. The van der Waals surface area contributed by atoms with Crippen LogP contribution in [0.4, 0.5) is 13.2 Å². The number of halogens is 3. The first kappa shape index (κ1) is 22.2. The van der Waals surface area contributed by atoms with Crippen molar-refractivity contribution in [3.63, 3.8) is 0 Å². The molecule has 1 saturated heterocycles. The number of esters is 1. The first-order chi connectivity index (χ1) is 15.1. The number of nitrogens with zero attached hydrogens (tertiary/aromatic N) is 2. The fraction of sp³-hybridized carbons (Fsp3) is 0.286. The van der Waals surface area contributed by atoms with Crippen molar-refractivity contribution in [2.75, 3.05) is 20.2 Å². The van der Waals surface area contributed by atoms with Crippen molar-refractivity contribution in [3.8, 4) is 11.5 Å². The summed E-state index contributed by atoms with van der Waals surface area (Å²) in [4.78, 5) is 13.6. The van der Waals surface area contributed by atoms with Gasteiger partial charge in [-0.15, -0.1) is 0 Å². The predicted molar refractivity (Wildman–Crippen MR) is 109 cm³/mol. The Morgan fingerprint density at radius 2 is 1.75 bits per heavy atom. The molecule has 7 nitrogen and oxygen atoms in total. The molecule has 0 spiro atoms. The normalized spacial score (nSPS) is 14.9. The molecule has 1 fully saturated rings. The van der Waals surface area contributed by atoms with Gasteiger partial charge >= 0.3 is 12.1 Å². The number of methoxy groups -OCH3 is 1. The van der Waals surface area contributed by atoms with E-state index >= 15 is 0 Å². The lowest BCUT2D eigenvalue weighted by Gasteiger charge is -2.31. The Bertz CT molecular complexity index is 1270. The molecule has 32 heavy (non-hydrogen) atoms. The minimum Gasteiger partial charge on any atom is -0.495 e. The number of ether oxygens (including phenoxy) is 2. The van der Waals surface area contributed by atoms with Crippen LogP contribution in [0.25, 0.3) is 10.9 Å². The van der Waals surface area contributed by atoms with Crippen molar-refractivity contribution in [2.24, 2.45) is 0 Å². The van der Waals surface area contributed by atoms with E-state index in [0.29, 0.717) is 12.1 Å². The largest absolute Gasteiger partial charge is 0.495 e. The average molecular weight is 468 g/mol. The molecule has 0 bridgehead atoms. The standard InChI is InChI=1S/C21H19F3N2O5S/c1-30-16-9-8-14(12-25-10-5-11-25)18-17(31-20(27)21(22,23)24)13-26(19(16)18)32(28,29)15-6-3-2-4-7-15/h2-4,6-9,13H,5,10-12H2,1H3. The summed E-state index contributed by atoms with van der Waals surface area (Å²) in [5.74, 6) is -2.83. The van der Waals surface area contributed by atoms with Crippen LogP contribution in [-0.2, 0) is 21.4 Å². The Morgan fingerprint density at radius 3 is 2.31 bits per heavy atom. The molecule has 0 atom stereocenters. The second kappa shape index (κ2) is 8.14. The average Bonchev–Trinajstić information content (AvgIpc) is 3.11. The van der Waals surface area contributed by atoms with E-state index in [1.165, 1.54) is 31.4 Å². The van der Waals surface area contributed by atoms with Crippen molar-refractivity contribution >= 4 is 26.9 Å². The van der Waals surface area contributed by atoms with Gasteiger partial charge < -0.3 is 9.47 Å². The van der Waals surface area contributed by atoms with Gasteiger partial charge in [-0.2, -0.15) is 13.2 Å². The Kier molecular flexibility index (Phi) is 5.63. The van der Waals surface area contributed by atoms with Crippen molar-refractivity contribution < 1.29 is 35.9 Å². The molecule has 11 heteroatoms. The van der Waals surface area contributed by atoms with E-state index in [1.54, 1.807) is 18.2 Å². The van der Waals surface area contributed by atoms with E-state index in [-0.39, 0.29) is 21.5 Å². The van der Waals surface area contributed by atoms with Crippen molar-refractivity contribution in [1.29, 1.82) is 0 Å². The molecule has 0 aliphatic carbocycles. The Balaban J connectivity index is 1.97. The highest BCUT2D eigenvalue weighted by Gasteiger charge is 2.42. The maximum absolute atomic E-state index is 13.3. The zero-order valence-corrected chi connectivity index (χ0v) is 17.7. The van der Waals surface area contributed by atoms with Gasteiger partial charge in [0.2, 0.25) is 0 Å². The van der Waals surface area contributed by atoms with Crippen LogP contribution in [-0.4, -0.2) is 49.6 Å².